The smallest absolute Gasteiger partial charge is 0.419 e. The molecule has 10 nitrogen and oxygen atoms in total. The number of nitrogens with zero attached hydrogens (tertiary/aromatic N) is 3. The van der Waals surface area contributed by atoms with E-state index >= 15 is 0 Å². The van der Waals surface area contributed by atoms with Crippen molar-refractivity contribution in [2.75, 3.05) is 19.4 Å². The molecule has 4 aromatic rings. The number of likely N-dealkylation sites (N-methyl/N-ethyl adjacent to an activating group) is 1. The number of pyridine rings is 1. The molecule has 0 aliphatic rings. The fraction of sp³-hybridized carbons (Fsp3) is 0.314. The number of unbranched alkanes of at least 4 members (excludes halogenated alkanes) is 1. The second kappa shape index (κ2) is 14.9. The standard InChI is InChI=1S/C35H38F2N4O6/c1-35(2,3)47-34(45)41-26(19-23-11-9-13-29(32(23)41)46-22-24-16-17-25(36)20-27(24)37)21-40-18-10-12-28(33(40)44)38-30(42)14-7-6-8-15-31(43)39(4)5/h8-13,15-20H,6-7,14,21-22H2,1-5H3,(H,38,42)/b15-8+. The first-order valence-electron chi connectivity index (χ1n) is 15.0. The summed E-state index contributed by atoms with van der Waals surface area (Å²) >= 11 is 0. The van der Waals surface area contributed by atoms with Crippen molar-refractivity contribution in [1.82, 2.24) is 14.0 Å². The van der Waals surface area contributed by atoms with Crippen LogP contribution in [0.5, 0.6) is 5.75 Å². The minimum Gasteiger partial charge on any atom is -0.487 e. The van der Waals surface area contributed by atoms with E-state index < -0.39 is 28.9 Å². The topological polar surface area (TPSA) is 112 Å². The van der Waals surface area contributed by atoms with Crippen LogP contribution in [0.4, 0.5) is 19.3 Å². The molecule has 0 unspecified atom stereocenters. The maximum Gasteiger partial charge on any atom is 0.419 e. The summed E-state index contributed by atoms with van der Waals surface area (Å²) in [5, 5.41) is 3.25. The fourth-order valence-electron chi connectivity index (χ4n) is 4.68. The molecule has 0 atom stereocenters. The first kappa shape index (κ1) is 34.6. The van der Waals surface area contributed by atoms with Gasteiger partial charge in [0, 0.05) is 43.7 Å². The first-order valence-corrected chi connectivity index (χ1v) is 15.0. The summed E-state index contributed by atoms with van der Waals surface area (Å²) in [6.45, 7) is 4.88. The summed E-state index contributed by atoms with van der Waals surface area (Å²) in [6, 6.07) is 13.1. The van der Waals surface area contributed by atoms with E-state index in [0.717, 1.165) is 12.1 Å². The number of fused-ring (bicyclic) bond motifs is 1. The largest absolute Gasteiger partial charge is 0.487 e. The van der Waals surface area contributed by atoms with Crippen molar-refractivity contribution >= 4 is 34.5 Å². The lowest BCUT2D eigenvalue weighted by molar-refractivity contribution is -0.123. The van der Waals surface area contributed by atoms with Crippen molar-refractivity contribution in [3.05, 3.63) is 106 Å². The zero-order valence-corrected chi connectivity index (χ0v) is 27.0. The average molecular weight is 649 g/mol. The van der Waals surface area contributed by atoms with Gasteiger partial charge in [-0.1, -0.05) is 18.2 Å². The molecule has 248 valence electrons. The number of hydrogen-bond acceptors (Lipinski definition) is 6. The Morgan fingerprint density at radius 1 is 1.02 bits per heavy atom. The molecule has 2 heterocycles. The van der Waals surface area contributed by atoms with E-state index in [9.17, 15) is 28.0 Å². The van der Waals surface area contributed by atoms with E-state index in [0.29, 0.717) is 29.4 Å². The molecule has 0 aliphatic heterocycles. The number of anilines is 1. The molecule has 12 heteroatoms. The molecule has 4 rings (SSSR count). The van der Waals surface area contributed by atoms with Gasteiger partial charge in [0.1, 0.15) is 40.8 Å². The Labute approximate surface area is 271 Å². The van der Waals surface area contributed by atoms with Gasteiger partial charge in [-0.05, 0) is 76.1 Å². The number of halogens is 2. The summed E-state index contributed by atoms with van der Waals surface area (Å²) in [7, 11) is 3.30. The van der Waals surface area contributed by atoms with Crippen molar-refractivity contribution in [3.8, 4) is 5.75 Å². The molecule has 0 saturated heterocycles. The van der Waals surface area contributed by atoms with E-state index in [1.807, 2.05) is 0 Å². The Balaban J connectivity index is 1.60. The van der Waals surface area contributed by atoms with Gasteiger partial charge in [0.2, 0.25) is 11.8 Å². The predicted molar refractivity (Wildman–Crippen MR) is 174 cm³/mol. The van der Waals surface area contributed by atoms with Crippen LogP contribution in [0.3, 0.4) is 0 Å². The first-order chi connectivity index (χ1) is 22.2. The number of nitrogens with one attached hydrogen (secondary N) is 1. The lowest BCUT2D eigenvalue weighted by Crippen LogP contribution is -2.30. The van der Waals surface area contributed by atoms with Crippen LogP contribution in [0.15, 0.2) is 77.7 Å². The van der Waals surface area contributed by atoms with Gasteiger partial charge in [-0.3, -0.25) is 14.4 Å². The minimum absolute atomic E-state index is 0.0623. The monoisotopic (exact) mass is 648 g/mol. The number of carbonyl (C=O) groups is 3. The Hall–Kier alpha value is -5.26. The van der Waals surface area contributed by atoms with Gasteiger partial charge < -0.3 is 24.3 Å². The van der Waals surface area contributed by atoms with Gasteiger partial charge in [-0.15, -0.1) is 0 Å². The molecule has 47 heavy (non-hydrogen) atoms. The van der Waals surface area contributed by atoms with Crippen LogP contribution in [0.25, 0.3) is 10.9 Å². The summed E-state index contributed by atoms with van der Waals surface area (Å²) in [5.41, 5.74) is -0.402. The number of ether oxygens (including phenoxy) is 2. The Kier molecular flexibility index (Phi) is 11.0. The van der Waals surface area contributed by atoms with Crippen molar-refractivity contribution in [2.24, 2.45) is 0 Å². The van der Waals surface area contributed by atoms with Crippen molar-refractivity contribution in [3.63, 3.8) is 0 Å². The van der Waals surface area contributed by atoms with Crippen LogP contribution in [-0.4, -0.2) is 51.6 Å². The van der Waals surface area contributed by atoms with Gasteiger partial charge in [0.05, 0.1) is 12.2 Å². The number of hydrogen-bond donors (Lipinski definition) is 1. The Morgan fingerprint density at radius 3 is 2.49 bits per heavy atom. The van der Waals surface area contributed by atoms with Gasteiger partial charge in [0.25, 0.3) is 5.56 Å². The molecule has 2 amide bonds. The van der Waals surface area contributed by atoms with Crippen molar-refractivity contribution in [2.45, 2.75) is 58.8 Å². The normalized spacial score (nSPS) is 11.6. The number of benzene rings is 2. The molecular weight excluding hydrogens is 610 g/mol. The lowest BCUT2D eigenvalue weighted by Gasteiger charge is -2.21. The predicted octanol–water partition coefficient (Wildman–Crippen LogP) is 6.24. The van der Waals surface area contributed by atoms with E-state index in [2.05, 4.69) is 5.32 Å². The van der Waals surface area contributed by atoms with Crippen LogP contribution in [0.1, 0.15) is 51.3 Å². The maximum absolute atomic E-state index is 14.3. The number of carbonyl (C=O) groups excluding carboxylic acids is 3. The highest BCUT2D eigenvalue weighted by atomic mass is 19.1. The van der Waals surface area contributed by atoms with Crippen LogP contribution in [-0.2, 0) is 27.5 Å². The quantitative estimate of drug-likeness (QED) is 0.152. The highest BCUT2D eigenvalue weighted by Crippen LogP contribution is 2.31. The van der Waals surface area contributed by atoms with Gasteiger partial charge in [0.15, 0.2) is 0 Å². The number of rotatable bonds is 11. The summed E-state index contributed by atoms with van der Waals surface area (Å²) in [5.74, 6) is -1.72. The molecule has 0 aliphatic carbocycles. The van der Waals surface area contributed by atoms with E-state index in [-0.39, 0.29) is 48.4 Å². The Bertz CT molecular complexity index is 1870. The summed E-state index contributed by atoms with van der Waals surface area (Å²) in [6.07, 6.45) is 5.12. The zero-order valence-electron chi connectivity index (χ0n) is 27.0. The van der Waals surface area contributed by atoms with Crippen LogP contribution >= 0.6 is 0 Å². The van der Waals surface area contributed by atoms with Gasteiger partial charge >= 0.3 is 6.09 Å². The van der Waals surface area contributed by atoms with Crippen LogP contribution in [0, 0.1) is 11.6 Å². The Morgan fingerprint density at radius 2 is 1.79 bits per heavy atom. The third-order valence-corrected chi connectivity index (χ3v) is 6.94. The van der Waals surface area contributed by atoms with Gasteiger partial charge in [-0.2, -0.15) is 0 Å². The second-order valence-corrected chi connectivity index (χ2v) is 12.1. The average Bonchev–Trinajstić information content (AvgIpc) is 3.36. The highest BCUT2D eigenvalue weighted by Gasteiger charge is 2.25. The van der Waals surface area contributed by atoms with E-state index in [1.165, 1.54) is 38.4 Å². The number of amides is 2. The molecule has 0 radical (unpaired) electrons. The minimum atomic E-state index is -0.851. The van der Waals surface area contributed by atoms with Crippen molar-refractivity contribution in [1.29, 1.82) is 0 Å². The SMILES string of the molecule is CN(C)C(=O)/C=C/CCCC(=O)Nc1cccn(Cc2cc3cccc(OCc4ccc(F)cc4F)c3n2C(=O)OC(C)(C)C)c1=O. The lowest BCUT2D eigenvalue weighted by atomic mass is 10.2. The highest BCUT2D eigenvalue weighted by molar-refractivity contribution is 5.95. The third kappa shape index (κ3) is 9.15. The van der Waals surface area contributed by atoms with Crippen LogP contribution in [0.2, 0.25) is 0 Å². The molecule has 2 aromatic carbocycles. The maximum atomic E-state index is 14.3. The third-order valence-electron chi connectivity index (χ3n) is 6.94. The zero-order chi connectivity index (χ0) is 34.3. The molecule has 0 saturated carbocycles. The number of aromatic nitrogens is 2. The summed E-state index contributed by atoms with van der Waals surface area (Å²) < 4.78 is 42.0. The number of para-hydroxylation sites is 1. The summed E-state index contributed by atoms with van der Waals surface area (Å²) in [4.78, 5) is 52.7. The molecule has 0 bridgehead atoms. The molecule has 2 aromatic heterocycles. The molecule has 0 fully saturated rings. The van der Waals surface area contributed by atoms with Crippen molar-refractivity contribution < 1.29 is 32.6 Å². The van der Waals surface area contributed by atoms with E-state index in [1.54, 1.807) is 71.3 Å². The van der Waals surface area contributed by atoms with Crippen LogP contribution < -0.4 is 15.6 Å². The number of allylic oxidation sites excluding steroid dienone is 1. The second-order valence-electron chi connectivity index (χ2n) is 12.1. The fourth-order valence-corrected chi connectivity index (χ4v) is 4.68. The van der Waals surface area contributed by atoms with Gasteiger partial charge in [-0.25, -0.2) is 18.1 Å². The molecular formula is C35H38F2N4O6. The molecule has 1 N–H and O–H groups in total. The van der Waals surface area contributed by atoms with E-state index in [4.69, 9.17) is 9.47 Å². The molecule has 0 spiro atoms.